The number of nitrogens with zero attached hydrogens (tertiary/aromatic N) is 1. The molecule has 0 spiro atoms. The Labute approximate surface area is 190 Å². The molecule has 0 fully saturated rings. The van der Waals surface area contributed by atoms with Crippen LogP contribution in [0.4, 0.5) is 11.4 Å². The number of rotatable bonds is 6. The van der Waals surface area contributed by atoms with Crippen molar-refractivity contribution in [3.8, 4) is 5.75 Å². The molecule has 0 saturated heterocycles. The molecule has 0 radical (unpaired) electrons. The van der Waals surface area contributed by atoms with Gasteiger partial charge in [0.2, 0.25) is 0 Å². The first kappa shape index (κ1) is 20.3. The number of anilines is 1. The number of fused-ring (bicyclic) bond motifs is 3. The fourth-order valence-electron chi connectivity index (χ4n) is 4.82. The van der Waals surface area contributed by atoms with E-state index in [1.165, 1.54) is 22.4 Å². The highest BCUT2D eigenvalue weighted by molar-refractivity contribution is 5.85. The molecule has 0 unspecified atom stereocenters. The lowest BCUT2D eigenvalue weighted by Crippen LogP contribution is -2.29. The second kappa shape index (κ2) is 8.88. The first-order chi connectivity index (χ1) is 15.7. The molecule has 0 aromatic heterocycles. The van der Waals surface area contributed by atoms with Crippen LogP contribution in [0.3, 0.4) is 0 Å². The van der Waals surface area contributed by atoms with Gasteiger partial charge in [-0.1, -0.05) is 66.8 Å². The summed E-state index contributed by atoms with van der Waals surface area (Å²) in [5, 5.41) is 3.81. The molecule has 1 aliphatic heterocycles. The minimum atomic E-state index is 0.302. The monoisotopic (exact) mass is 420 g/mol. The molecule has 3 aromatic carbocycles. The average molecular weight is 421 g/mol. The molecule has 3 nitrogen and oxygen atoms in total. The van der Waals surface area contributed by atoms with Crippen LogP contribution in [-0.2, 0) is 0 Å². The Bertz CT molecular complexity index is 1180. The minimum absolute atomic E-state index is 0.302. The number of para-hydroxylation sites is 1. The lowest BCUT2D eigenvalue weighted by Gasteiger charge is -2.37. The van der Waals surface area contributed by atoms with Crippen LogP contribution in [0.2, 0.25) is 0 Å². The first-order valence-corrected chi connectivity index (χ1v) is 11.2. The van der Waals surface area contributed by atoms with Gasteiger partial charge in [0.25, 0.3) is 0 Å². The Morgan fingerprint density at radius 1 is 1.09 bits per heavy atom. The predicted octanol–water partition coefficient (Wildman–Crippen LogP) is 7.14. The van der Waals surface area contributed by atoms with E-state index in [2.05, 4.69) is 78.4 Å². The van der Waals surface area contributed by atoms with Crippen molar-refractivity contribution in [3.05, 3.63) is 114 Å². The fraction of sp³-hybridized carbons (Fsp3) is 0.207. The van der Waals surface area contributed by atoms with E-state index in [0.29, 0.717) is 24.5 Å². The van der Waals surface area contributed by atoms with E-state index in [9.17, 15) is 0 Å². The zero-order valence-corrected chi connectivity index (χ0v) is 18.4. The minimum Gasteiger partial charge on any atom is -0.489 e. The number of ether oxygens (including phenoxy) is 1. The molecular formula is C29H28N2O. The lowest BCUT2D eigenvalue weighted by molar-refractivity contribution is 0.363. The summed E-state index contributed by atoms with van der Waals surface area (Å²) in [6.45, 7) is 6.36. The number of allylic oxidation sites excluding steroid dienone is 2. The van der Waals surface area contributed by atoms with Crippen LogP contribution < -0.4 is 10.1 Å². The van der Waals surface area contributed by atoms with Gasteiger partial charge in [0.1, 0.15) is 12.4 Å². The number of aliphatic imine (C=N–C) groups is 1. The number of aryl methyl sites for hydroxylation is 1. The highest BCUT2D eigenvalue weighted by atomic mass is 16.5. The molecule has 2 aliphatic rings. The summed E-state index contributed by atoms with van der Waals surface area (Å²) in [6.07, 6.45) is 9.45. The van der Waals surface area contributed by atoms with Gasteiger partial charge in [-0.25, -0.2) is 0 Å². The van der Waals surface area contributed by atoms with Gasteiger partial charge in [0, 0.05) is 23.4 Å². The molecule has 160 valence electrons. The molecule has 0 bridgehead atoms. The Kier molecular flexibility index (Phi) is 5.64. The third-order valence-electron chi connectivity index (χ3n) is 6.40. The molecular weight excluding hydrogens is 392 g/mol. The maximum atomic E-state index is 5.73. The van der Waals surface area contributed by atoms with E-state index >= 15 is 0 Å². The second-order valence-corrected chi connectivity index (χ2v) is 8.55. The normalized spacial score (nSPS) is 21.1. The van der Waals surface area contributed by atoms with E-state index in [1.807, 2.05) is 30.5 Å². The third kappa shape index (κ3) is 3.99. The fourth-order valence-corrected chi connectivity index (χ4v) is 4.82. The van der Waals surface area contributed by atoms with Crippen molar-refractivity contribution < 1.29 is 4.74 Å². The molecule has 0 amide bonds. The molecule has 3 heteroatoms. The molecule has 1 N–H and O–H groups in total. The molecule has 0 saturated carbocycles. The summed E-state index contributed by atoms with van der Waals surface area (Å²) < 4.78 is 5.73. The molecule has 1 aliphatic carbocycles. The molecule has 32 heavy (non-hydrogen) atoms. The van der Waals surface area contributed by atoms with Gasteiger partial charge in [0.15, 0.2) is 0 Å². The van der Waals surface area contributed by atoms with Crippen LogP contribution in [0.1, 0.15) is 40.6 Å². The number of nitrogens with one attached hydrogen (secondary N) is 1. The number of hydrogen-bond acceptors (Lipinski definition) is 3. The summed E-state index contributed by atoms with van der Waals surface area (Å²) in [6, 6.07) is 23.6. The van der Waals surface area contributed by atoms with Gasteiger partial charge in [-0.2, -0.15) is 0 Å². The number of benzene rings is 3. The quantitative estimate of drug-likeness (QED) is 0.340. The van der Waals surface area contributed by atoms with Crippen LogP contribution in [-0.4, -0.2) is 12.8 Å². The first-order valence-electron chi connectivity index (χ1n) is 11.2. The summed E-state index contributed by atoms with van der Waals surface area (Å²) >= 11 is 0. The van der Waals surface area contributed by atoms with Crippen molar-refractivity contribution in [2.75, 3.05) is 11.9 Å². The SMILES string of the molecule is C=CCOc1ccccc1C=Nc1ccc([C@@H]2Nc3ccc(C)cc3[C@H]3C=CC[C@@H]32)cc1. The van der Waals surface area contributed by atoms with Gasteiger partial charge in [-0.3, -0.25) is 4.99 Å². The molecule has 1 heterocycles. The van der Waals surface area contributed by atoms with Crippen molar-refractivity contribution in [2.45, 2.75) is 25.3 Å². The third-order valence-corrected chi connectivity index (χ3v) is 6.40. The van der Waals surface area contributed by atoms with E-state index in [4.69, 9.17) is 4.74 Å². The van der Waals surface area contributed by atoms with Gasteiger partial charge in [-0.15, -0.1) is 0 Å². The Balaban J connectivity index is 1.36. The topological polar surface area (TPSA) is 33.6 Å². The van der Waals surface area contributed by atoms with Gasteiger partial charge in [0.05, 0.1) is 11.7 Å². The summed E-state index contributed by atoms with van der Waals surface area (Å²) in [5.41, 5.74) is 7.20. The Morgan fingerprint density at radius 2 is 1.94 bits per heavy atom. The zero-order valence-electron chi connectivity index (χ0n) is 18.4. The van der Waals surface area contributed by atoms with Crippen LogP contribution >= 0.6 is 0 Å². The highest BCUT2D eigenvalue weighted by Gasteiger charge is 2.37. The van der Waals surface area contributed by atoms with Crippen molar-refractivity contribution in [2.24, 2.45) is 10.9 Å². The standard InChI is InChI=1S/C29H28N2O/c1-3-17-32-28-10-5-4-7-22(28)19-30-23-14-12-21(13-15-23)29-25-9-6-8-24(25)26-18-20(2)11-16-27(26)31-29/h3-8,10-16,18-19,24-25,29,31H,1,9,17H2,2H3/t24-,25-,29-/m0/s1. The summed E-state index contributed by atoms with van der Waals surface area (Å²) in [4.78, 5) is 4.68. The van der Waals surface area contributed by atoms with Crippen LogP contribution in [0, 0.1) is 12.8 Å². The Hall–Kier alpha value is -3.59. The maximum absolute atomic E-state index is 5.73. The van der Waals surface area contributed by atoms with Crippen LogP contribution in [0.25, 0.3) is 0 Å². The van der Waals surface area contributed by atoms with Gasteiger partial charge >= 0.3 is 0 Å². The molecule has 3 aromatic rings. The average Bonchev–Trinajstić information content (AvgIpc) is 3.32. The van der Waals surface area contributed by atoms with Crippen molar-refractivity contribution >= 4 is 17.6 Å². The van der Waals surface area contributed by atoms with Crippen molar-refractivity contribution in [1.82, 2.24) is 0 Å². The number of hydrogen-bond donors (Lipinski definition) is 1. The van der Waals surface area contributed by atoms with Gasteiger partial charge in [-0.05, 0) is 60.7 Å². The summed E-state index contributed by atoms with van der Waals surface area (Å²) in [5.74, 6) is 1.85. The van der Waals surface area contributed by atoms with Crippen molar-refractivity contribution in [3.63, 3.8) is 0 Å². The molecule has 5 rings (SSSR count). The van der Waals surface area contributed by atoms with E-state index in [1.54, 1.807) is 6.08 Å². The predicted molar refractivity (Wildman–Crippen MR) is 133 cm³/mol. The lowest BCUT2D eigenvalue weighted by atomic mass is 9.76. The smallest absolute Gasteiger partial charge is 0.128 e. The summed E-state index contributed by atoms with van der Waals surface area (Å²) in [7, 11) is 0. The van der Waals surface area contributed by atoms with E-state index in [0.717, 1.165) is 23.4 Å². The van der Waals surface area contributed by atoms with Crippen molar-refractivity contribution in [1.29, 1.82) is 0 Å². The largest absolute Gasteiger partial charge is 0.489 e. The van der Waals surface area contributed by atoms with Crippen LogP contribution in [0.5, 0.6) is 5.75 Å². The zero-order chi connectivity index (χ0) is 21.9. The Morgan fingerprint density at radius 3 is 2.78 bits per heavy atom. The van der Waals surface area contributed by atoms with Gasteiger partial charge < -0.3 is 10.1 Å². The van der Waals surface area contributed by atoms with E-state index < -0.39 is 0 Å². The maximum Gasteiger partial charge on any atom is 0.128 e. The molecule has 3 atom stereocenters. The van der Waals surface area contributed by atoms with Crippen LogP contribution in [0.15, 0.2) is 96.5 Å². The highest BCUT2D eigenvalue weighted by Crippen LogP contribution is 2.50. The second-order valence-electron chi connectivity index (χ2n) is 8.55. The van der Waals surface area contributed by atoms with E-state index in [-0.39, 0.29) is 0 Å².